The molecule has 4 nitrogen and oxygen atoms in total. The lowest BCUT2D eigenvalue weighted by atomic mass is 10.1. The highest BCUT2D eigenvalue weighted by molar-refractivity contribution is 5.84. The van der Waals surface area contributed by atoms with Gasteiger partial charge >= 0.3 is 0 Å². The van der Waals surface area contributed by atoms with Gasteiger partial charge in [0.1, 0.15) is 12.8 Å². The molecule has 0 unspecified atom stereocenters. The molecule has 0 bridgehead atoms. The average molecular weight is 202 g/mol. The molecule has 1 N–H and O–H groups in total. The van der Waals surface area contributed by atoms with Gasteiger partial charge in [-0.15, -0.1) is 0 Å². The predicted octanol–water partition coefficient (Wildman–Crippen LogP) is 0.681. The van der Waals surface area contributed by atoms with Crippen LogP contribution in [0.4, 0.5) is 0 Å². The standard InChI is InChI=1S/C11H10N2O2/c12-5-6-13-11(15)7-9-3-1-2-4-10(9)8-14/h1-4,8H,6-7H2,(H,13,15). The number of nitriles is 1. The molecule has 1 aromatic rings. The van der Waals surface area contributed by atoms with E-state index < -0.39 is 0 Å². The third-order valence-electron chi connectivity index (χ3n) is 1.90. The van der Waals surface area contributed by atoms with Crippen molar-refractivity contribution in [3.05, 3.63) is 35.4 Å². The molecule has 0 radical (unpaired) electrons. The average Bonchev–Trinajstić information content (AvgIpc) is 2.27. The first-order valence-corrected chi connectivity index (χ1v) is 4.44. The number of benzene rings is 1. The molecule has 1 rings (SSSR count). The van der Waals surface area contributed by atoms with Gasteiger partial charge in [0, 0.05) is 5.56 Å². The van der Waals surface area contributed by atoms with Crippen LogP contribution in [0.2, 0.25) is 0 Å². The van der Waals surface area contributed by atoms with Gasteiger partial charge in [0.15, 0.2) is 0 Å². The summed E-state index contributed by atoms with van der Waals surface area (Å²) in [5.41, 5.74) is 1.17. The Labute approximate surface area is 87.5 Å². The van der Waals surface area contributed by atoms with Crippen molar-refractivity contribution in [3.63, 3.8) is 0 Å². The normalized spacial score (nSPS) is 9.00. The molecule has 0 spiro atoms. The van der Waals surface area contributed by atoms with Gasteiger partial charge in [0.05, 0.1) is 12.5 Å². The molecule has 0 aliphatic heterocycles. The minimum atomic E-state index is -0.258. The minimum Gasteiger partial charge on any atom is -0.343 e. The fourth-order valence-electron chi connectivity index (χ4n) is 1.18. The molecule has 0 heterocycles. The molecule has 0 atom stereocenters. The van der Waals surface area contributed by atoms with E-state index in [9.17, 15) is 9.59 Å². The second-order valence-corrected chi connectivity index (χ2v) is 2.93. The predicted molar refractivity (Wildman–Crippen MR) is 54.2 cm³/mol. The van der Waals surface area contributed by atoms with Gasteiger partial charge in [0.2, 0.25) is 5.91 Å². The Balaban J connectivity index is 2.68. The fraction of sp³-hybridized carbons (Fsp3) is 0.182. The summed E-state index contributed by atoms with van der Waals surface area (Å²) in [6.45, 7) is -0.0118. The van der Waals surface area contributed by atoms with Crippen LogP contribution in [0.25, 0.3) is 0 Å². The SMILES string of the molecule is N#CCNC(=O)Cc1ccccc1C=O. The van der Waals surface area contributed by atoms with Gasteiger partial charge in [-0.05, 0) is 5.56 Å². The molecule has 1 aromatic carbocycles. The van der Waals surface area contributed by atoms with E-state index >= 15 is 0 Å². The van der Waals surface area contributed by atoms with E-state index in [1.165, 1.54) is 0 Å². The van der Waals surface area contributed by atoms with Crippen LogP contribution in [0, 0.1) is 11.3 Å². The van der Waals surface area contributed by atoms with Gasteiger partial charge in [-0.1, -0.05) is 24.3 Å². The second kappa shape index (κ2) is 5.55. The third kappa shape index (κ3) is 3.24. The third-order valence-corrected chi connectivity index (χ3v) is 1.90. The van der Waals surface area contributed by atoms with E-state index in [4.69, 9.17) is 5.26 Å². The summed E-state index contributed by atoms with van der Waals surface area (Å²) >= 11 is 0. The molecular formula is C11H10N2O2. The summed E-state index contributed by atoms with van der Waals surface area (Å²) in [6.07, 6.45) is 0.837. The van der Waals surface area contributed by atoms with Gasteiger partial charge in [-0.2, -0.15) is 5.26 Å². The minimum absolute atomic E-state index is 0.0118. The maximum atomic E-state index is 11.3. The van der Waals surface area contributed by atoms with Crippen LogP contribution in [-0.2, 0) is 11.2 Å². The van der Waals surface area contributed by atoms with Crippen molar-refractivity contribution >= 4 is 12.2 Å². The smallest absolute Gasteiger partial charge is 0.225 e. The van der Waals surface area contributed by atoms with Gasteiger partial charge in [-0.3, -0.25) is 9.59 Å². The van der Waals surface area contributed by atoms with E-state index in [2.05, 4.69) is 5.32 Å². The summed E-state index contributed by atoms with van der Waals surface area (Å²) < 4.78 is 0. The Morgan fingerprint density at radius 2 is 2.20 bits per heavy atom. The van der Waals surface area contributed by atoms with E-state index in [0.29, 0.717) is 17.4 Å². The highest BCUT2D eigenvalue weighted by Crippen LogP contribution is 2.06. The molecule has 0 saturated heterocycles. The topological polar surface area (TPSA) is 70.0 Å². The van der Waals surface area contributed by atoms with Crippen molar-refractivity contribution in [2.45, 2.75) is 6.42 Å². The zero-order valence-electron chi connectivity index (χ0n) is 8.06. The molecule has 76 valence electrons. The molecule has 15 heavy (non-hydrogen) atoms. The summed E-state index contributed by atoms with van der Waals surface area (Å²) in [6, 6.07) is 8.68. The van der Waals surface area contributed by atoms with Crippen LogP contribution in [0.5, 0.6) is 0 Å². The number of aldehydes is 1. The molecule has 0 aliphatic carbocycles. The van der Waals surface area contributed by atoms with Gasteiger partial charge in [0.25, 0.3) is 0 Å². The zero-order chi connectivity index (χ0) is 11.1. The van der Waals surface area contributed by atoms with Crippen LogP contribution < -0.4 is 5.32 Å². The van der Waals surface area contributed by atoms with Crippen molar-refractivity contribution in [1.29, 1.82) is 5.26 Å². The maximum absolute atomic E-state index is 11.3. The van der Waals surface area contributed by atoms with Crippen molar-refractivity contribution in [2.75, 3.05) is 6.54 Å². The van der Waals surface area contributed by atoms with Crippen LogP contribution >= 0.6 is 0 Å². The largest absolute Gasteiger partial charge is 0.343 e. The first-order chi connectivity index (χ1) is 7.27. The van der Waals surface area contributed by atoms with Crippen LogP contribution in [0.1, 0.15) is 15.9 Å². The summed E-state index contributed by atoms with van der Waals surface area (Å²) in [4.78, 5) is 21.9. The number of amides is 1. The van der Waals surface area contributed by atoms with Gasteiger partial charge in [-0.25, -0.2) is 0 Å². The highest BCUT2D eigenvalue weighted by atomic mass is 16.1. The Kier molecular flexibility index (Phi) is 4.05. The quantitative estimate of drug-likeness (QED) is 0.576. The van der Waals surface area contributed by atoms with Crippen molar-refractivity contribution in [2.24, 2.45) is 0 Å². The number of carbonyl (C=O) groups is 2. The molecule has 0 aromatic heterocycles. The first-order valence-electron chi connectivity index (χ1n) is 4.44. The summed E-state index contributed by atoms with van der Waals surface area (Å²) in [7, 11) is 0. The highest BCUT2D eigenvalue weighted by Gasteiger charge is 2.05. The van der Waals surface area contributed by atoms with Crippen molar-refractivity contribution in [3.8, 4) is 6.07 Å². The Hall–Kier alpha value is -2.15. The number of hydrogen-bond donors (Lipinski definition) is 1. The lowest BCUT2D eigenvalue weighted by Gasteiger charge is -2.03. The monoisotopic (exact) mass is 202 g/mol. The first kappa shape index (κ1) is 10.9. The van der Waals surface area contributed by atoms with Gasteiger partial charge < -0.3 is 5.32 Å². The van der Waals surface area contributed by atoms with E-state index in [1.807, 2.05) is 6.07 Å². The lowest BCUT2D eigenvalue weighted by molar-refractivity contribution is -0.120. The molecule has 0 aliphatic rings. The molecular weight excluding hydrogens is 192 g/mol. The Bertz CT molecular complexity index is 407. The van der Waals surface area contributed by atoms with Crippen molar-refractivity contribution in [1.82, 2.24) is 5.32 Å². The number of hydrogen-bond acceptors (Lipinski definition) is 3. The number of nitrogens with one attached hydrogen (secondary N) is 1. The van der Waals surface area contributed by atoms with Crippen LogP contribution in [0.3, 0.4) is 0 Å². The maximum Gasteiger partial charge on any atom is 0.225 e. The van der Waals surface area contributed by atoms with E-state index in [0.717, 1.165) is 0 Å². The fourth-order valence-corrected chi connectivity index (χ4v) is 1.18. The Morgan fingerprint density at radius 3 is 2.87 bits per heavy atom. The van der Waals surface area contributed by atoms with Crippen LogP contribution in [0.15, 0.2) is 24.3 Å². The molecule has 4 heteroatoms. The van der Waals surface area contributed by atoms with Crippen LogP contribution in [-0.4, -0.2) is 18.7 Å². The summed E-state index contributed by atoms with van der Waals surface area (Å²) in [5, 5.41) is 10.7. The molecule has 0 saturated carbocycles. The lowest BCUT2D eigenvalue weighted by Crippen LogP contribution is -2.25. The number of nitrogens with zero attached hydrogens (tertiary/aromatic N) is 1. The number of rotatable bonds is 4. The second-order valence-electron chi connectivity index (χ2n) is 2.93. The zero-order valence-corrected chi connectivity index (χ0v) is 8.06. The van der Waals surface area contributed by atoms with Crippen molar-refractivity contribution < 1.29 is 9.59 Å². The van der Waals surface area contributed by atoms with E-state index in [-0.39, 0.29) is 18.9 Å². The molecule has 1 amide bonds. The van der Waals surface area contributed by atoms with E-state index in [1.54, 1.807) is 24.3 Å². The summed E-state index contributed by atoms with van der Waals surface area (Å²) in [5.74, 6) is -0.258. The number of carbonyl (C=O) groups excluding carboxylic acids is 2. The Morgan fingerprint density at radius 1 is 1.47 bits per heavy atom. The molecule has 0 fully saturated rings.